The van der Waals surface area contributed by atoms with Crippen molar-refractivity contribution < 1.29 is 9.47 Å². The van der Waals surface area contributed by atoms with Crippen LogP contribution in [0.15, 0.2) is 12.1 Å². The summed E-state index contributed by atoms with van der Waals surface area (Å²) in [6, 6.07) is 3.93. The van der Waals surface area contributed by atoms with Crippen molar-refractivity contribution in [2.75, 3.05) is 32.8 Å². The predicted molar refractivity (Wildman–Crippen MR) is 88.7 cm³/mol. The van der Waals surface area contributed by atoms with E-state index in [0.29, 0.717) is 24.0 Å². The Morgan fingerprint density at radius 1 is 1.00 bits per heavy atom. The number of halogens is 1. The predicted octanol–water partition coefficient (Wildman–Crippen LogP) is 3.23. The van der Waals surface area contributed by atoms with E-state index in [-0.39, 0.29) is 0 Å². The Bertz CT molecular complexity index is 414. The van der Waals surface area contributed by atoms with Crippen molar-refractivity contribution >= 4 is 11.6 Å². The second kappa shape index (κ2) is 10.7. The molecule has 0 saturated carbocycles. The SMILES string of the molecule is CCNCCCNCc1cc(Cl)c(OCC)c(OCC)c1. The highest BCUT2D eigenvalue weighted by molar-refractivity contribution is 6.32. The molecule has 1 aromatic carbocycles. The molecule has 0 saturated heterocycles. The van der Waals surface area contributed by atoms with Crippen LogP contribution in [0, 0.1) is 0 Å². The number of hydrogen-bond acceptors (Lipinski definition) is 4. The van der Waals surface area contributed by atoms with E-state index in [1.165, 1.54) is 0 Å². The van der Waals surface area contributed by atoms with Crippen molar-refractivity contribution in [1.29, 1.82) is 0 Å². The summed E-state index contributed by atoms with van der Waals surface area (Å²) in [6.45, 7) is 11.0. The standard InChI is InChI=1S/C16H27ClN2O2/c1-4-18-8-7-9-19-12-13-10-14(17)16(21-6-3)15(11-13)20-5-2/h10-11,18-19H,4-9,12H2,1-3H3. The lowest BCUT2D eigenvalue weighted by Gasteiger charge is -2.14. The normalized spacial score (nSPS) is 10.7. The molecule has 0 aliphatic rings. The summed E-state index contributed by atoms with van der Waals surface area (Å²) in [6.07, 6.45) is 1.11. The summed E-state index contributed by atoms with van der Waals surface area (Å²) >= 11 is 6.29. The molecule has 0 unspecified atom stereocenters. The molecule has 0 radical (unpaired) electrons. The summed E-state index contributed by atoms with van der Waals surface area (Å²) in [4.78, 5) is 0. The van der Waals surface area contributed by atoms with E-state index in [1.807, 2.05) is 26.0 Å². The third-order valence-corrected chi connectivity index (χ3v) is 3.22. The first-order chi connectivity index (χ1) is 10.2. The molecular formula is C16H27ClN2O2. The highest BCUT2D eigenvalue weighted by Gasteiger charge is 2.11. The van der Waals surface area contributed by atoms with Gasteiger partial charge in [-0.25, -0.2) is 0 Å². The van der Waals surface area contributed by atoms with Crippen LogP contribution in [0.5, 0.6) is 11.5 Å². The molecule has 0 bridgehead atoms. The molecule has 0 atom stereocenters. The molecule has 0 aliphatic heterocycles. The van der Waals surface area contributed by atoms with Gasteiger partial charge in [0.15, 0.2) is 11.5 Å². The lowest BCUT2D eigenvalue weighted by molar-refractivity contribution is 0.287. The topological polar surface area (TPSA) is 42.5 Å². The van der Waals surface area contributed by atoms with Gasteiger partial charge in [-0.15, -0.1) is 0 Å². The van der Waals surface area contributed by atoms with Gasteiger partial charge >= 0.3 is 0 Å². The Morgan fingerprint density at radius 2 is 1.71 bits per heavy atom. The molecule has 0 fully saturated rings. The minimum atomic E-state index is 0.571. The third-order valence-electron chi connectivity index (χ3n) is 2.94. The lowest BCUT2D eigenvalue weighted by atomic mass is 10.2. The summed E-state index contributed by atoms with van der Waals surface area (Å²) in [5.74, 6) is 1.35. The molecule has 120 valence electrons. The van der Waals surface area contributed by atoms with Gasteiger partial charge in [-0.1, -0.05) is 18.5 Å². The Hall–Kier alpha value is -0.970. The summed E-state index contributed by atoms with van der Waals surface area (Å²) < 4.78 is 11.2. The molecule has 5 heteroatoms. The minimum absolute atomic E-state index is 0.571. The first kappa shape index (κ1) is 18.1. The highest BCUT2D eigenvalue weighted by atomic mass is 35.5. The summed E-state index contributed by atoms with van der Waals surface area (Å²) in [5.41, 5.74) is 1.11. The van der Waals surface area contributed by atoms with Gasteiger partial charge in [0.1, 0.15) is 0 Å². The van der Waals surface area contributed by atoms with E-state index in [9.17, 15) is 0 Å². The molecule has 0 amide bonds. The van der Waals surface area contributed by atoms with Crippen LogP contribution < -0.4 is 20.1 Å². The Morgan fingerprint density at radius 3 is 2.38 bits per heavy atom. The maximum absolute atomic E-state index is 6.29. The van der Waals surface area contributed by atoms with Crippen molar-refractivity contribution in [3.05, 3.63) is 22.7 Å². The molecule has 0 heterocycles. The maximum atomic E-state index is 6.29. The van der Waals surface area contributed by atoms with Crippen LogP contribution in [0.4, 0.5) is 0 Å². The highest BCUT2D eigenvalue weighted by Crippen LogP contribution is 2.36. The van der Waals surface area contributed by atoms with E-state index in [1.54, 1.807) is 0 Å². The number of rotatable bonds is 11. The van der Waals surface area contributed by atoms with Gasteiger partial charge in [0.2, 0.25) is 0 Å². The molecule has 0 aromatic heterocycles. The first-order valence-corrected chi connectivity index (χ1v) is 8.10. The van der Waals surface area contributed by atoms with Gasteiger partial charge in [-0.05, 0) is 57.6 Å². The van der Waals surface area contributed by atoms with Gasteiger partial charge in [-0.3, -0.25) is 0 Å². The second-order valence-corrected chi connectivity index (χ2v) is 5.06. The quantitative estimate of drug-likeness (QED) is 0.615. The average molecular weight is 315 g/mol. The molecule has 2 N–H and O–H groups in total. The number of ether oxygens (including phenoxy) is 2. The van der Waals surface area contributed by atoms with Crippen LogP contribution in [-0.2, 0) is 6.54 Å². The fourth-order valence-corrected chi connectivity index (χ4v) is 2.31. The molecule has 4 nitrogen and oxygen atoms in total. The van der Waals surface area contributed by atoms with Gasteiger partial charge in [-0.2, -0.15) is 0 Å². The average Bonchev–Trinajstić information content (AvgIpc) is 2.46. The smallest absolute Gasteiger partial charge is 0.179 e. The minimum Gasteiger partial charge on any atom is -0.490 e. The second-order valence-electron chi connectivity index (χ2n) is 4.65. The zero-order valence-electron chi connectivity index (χ0n) is 13.3. The van der Waals surface area contributed by atoms with Gasteiger partial charge in [0.25, 0.3) is 0 Å². The van der Waals surface area contributed by atoms with Crippen molar-refractivity contribution in [2.24, 2.45) is 0 Å². The van der Waals surface area contributed by atoms with Crippen LogP contribution in [0.25, 0.3) is 0 Å². The monoisotopic (exact) mass is 314 g/mol. The summed E-state index contributed by atoms with van der Waals surface area (Å²) in [7, 11) is 0. The zero-order valence-corrected chi connectivity index (χ0v) is 14.1. The van der Waals surface area contributed by atoms with E-state index in [4.69, 9.17) is 21.1 Å². The molecule has 1 aromatic rings. The Labute approximate surface area is 133 Å². The lowest BCUT2D eigenvalue weighted by Crippen LogP contribution is -2.21. The molecule has 21 heavy (non-hydrogen) atoms. The van der Waals surface area contributed by atoms with Crippen molar-refractivity contribution in [3.63, 3.8) is 0 Å². The van der Waals surface area contributed by atoms with Crippen LogP contribution in [0.2, 0.25) is 5.02 Å². The zero-order chi connectivity index (χ0) is 15.5. The van der Waals surface area contributed by atoms with Crippen molar-refractivity contribution in [2.45, 2.75) is 33.7 Å². The largest absolute Gasteiger partial charge is 0.490 e. The fraction of sp³-hybridized carbons (Fsp3) is 0.625. The van der Waals surface area contributed by atoms with E-state index >= 15 is 0 Å². The number of hydrogen-bond donors (Lipinski definition) is 2. The van der Waals surface area contributed by atoms with E-state index < -0.39 is 0 Å². The molecule has 1 rings (SSSR count). The third kappa shape index (κ3) is 6.55. The maximum Gasteiger partial charge on any atom is 0.179 e. The number of nitrogens with one attached hydrogen (secondary N) is 2. The van der Waals surface area contributed by atoms with Gasteiger partial charge in [0.05, 0.1) is 18.2 Å². The summed E-state index contributed by atoms with van der Waals surface area (Å²) in [5, 5.41) is 7.32. The van der Waals surface area contributed by atoms with Crippen LogP contribution in [0.3, 0.4) is 0 Å². The van der Waals surface area contributed by atoms with Crippen LogP contribution >= 0.6 is 11.6 Å². The van der Waals surface area contributed by atoms with Gasteiger partial charge in [0, 0.05) is 6.54 Å². The molecule has 0 spiro atoms. The van der Waals surface area contributed by atoms with Crippen molar-refractivity contribution in [1.82, 2.24) is 10.6 Å². The van der Waals surface area contributed by atoms with Crippen LogP contribution in [-0.4, -0.2) is 32.8 Å². The number of benzene rings is 1. The van der Waals surface area contributed by atoms with Crippen molar-refractivity contribution in [3.8, 4) is 11.5 Å². The van der Waals surface area contributed by atoms with Crippen LogP contribution in [0.1, 0.15) is 32.8 Å². The molecular weight excluding hydrogens is 288 g/mol. The first-order valence-electron chi connectivity index (χ1n) is 7.72. The van der Waals surface area contributed by atoms with E-state index in [0.717, 1.165) is 43.9 Å². The fourth-order valence-electron chi connectivity index (χ4n) is 2.02. The Balaban J connectivity index is 2.58. The molecule has 0 aliphatic carbocycles. The van der Waals surface area contributed by atoms with E-state index in [2.05, 4.69) is 17.6 Å². The van der Waals surface area contributed by atoms with Gasteiger partial charge < -0.3 is 20.1 Å². The Kier molecular flexibility index (Phi) is 9.22.